The van der Waals surface area contributed by atoms with Crippen LogP contribution in [0.3, 0.4) is 0 Å². The summed E-state index contributed by atoms with van der Waals surface area (Å²) in [6.07, 6.45) is 43.1. The molecule has 0 atom stereocenters. The molecule has 0 spiro atoms. The molecule has 5 aromatic carbocycles. The molecule has 5 saturated carbocycles. The van der Waals surface area contributed by atoms with Crippen LogP contribution >= 0.6 is 0 Å². The number of carbonyl (C=O) groups is 5. The average molecular weight is 1620 g/mol. The summed E-state index contributed by atoms with van der Waals surface area (Å²) in [6.45, 7) is 21.8. The zero-order chi connectivity index (χ0) is 79.6. The van der Waals surface area contributed by atoms with Crippen molar-refractivity contribution in [2.75, 3.05) is 33.5 Å². The highest BCUT2D eigenvalue weighted by atomic mass is 16.6. The Labute approximate surface area is 706 Å². The van der Waals surface area contributed by atoms with Gasteiger partial charge in [-0.2, -0.15) is 0 Å². The third kappa shape index (κ3) is 41.7. The standard InChI is InChI=1S/2C20H30O3.2C19H28O3.C18H26O3.5CH4/c1-3-5-6-7-16-8-10-17(11-9-16)20(21)23-19-14-12-18(13-15-19)22-4-2;1-3-5-15-22-18-11-13-19(14-12-18)23-20(21)17-9-7-16(6-4-2)8-10-17;1-3-4-5-6-15-7-9-16(10-8-15)19(20)22-18-13-11-17(21-2)12-14-18;1-3-5-6-15-7-9-16(10-8-15)19(20)22-18-13-11-17(12-14-18)21-4-2;1-3-5-14-6-8-15(9-7-14)18(19)21-17-12-10-16(11-13-17)20-4-2;;;;;/h12-17H,3-11H2,1-2H3;11-14,16-17H,3-10,15H2,1-2H3;2*11-16H,3-10H2,1-2H3;10-15H,3-9H2,1-2H3;5*1H4. The number of unbranched alkanes of at least 4 members (excludes halogenated alkanes) is 6. The maximum absolute atomic E-state index is 12.3. The first-order valence-corrected chi connectivity index (χ1v) is 43.8. The SMILES string of the molecule is C.C.C.C.C.CCCC1CCC(C(=O)Oc2ccc(OCC)cc2)CC1.CCCCC1CCC(C(=O)Oc2ccc(OCC)cc2)CC1.CCCCCC1CCC(C(=O)Oc2ccc(OC)cc2)CC1.CCCCCC1CCC(C(=O)Oc2ccc(OCC)cc2)CC1.CCCCOc1ccc(OC(=O)C2CCC(CCC)CC2)cc1. The van der Waals surface area contributed by atoms with Crippen molar-refractivity contribution in [3.63, 3.8) is 0 Å². The van der Waals surface area contributed by atoms with Crippen molar-refractivity contribution in [1.29, 1.82) is 0 Å². The number of hydrogen-bond acceptors (Lipinski definition) is 15. The van der Waals surface area contributed by atoms with Gasteiger partial charge in [0, 0.05) is 0 Å². The Morgan fingerprint density at radius 3 is 0.638 bits per heavy atom. The number of carbonyl (C=O) groups excluding carboxylic acids is 5. The third-order valence-electron chi connectivity index (χ3n) is 22.8. The lowest BCUT2D eigenvalue weighted by Gasteiger charge is -2.27. The van der Waals surface area contributed by atoms with Gasteiger partial charge in [-0.1, -0.05) is 181 Å². The van der Waals surface area contributed by atoms with Gasteiger partial charge < -0.3 is 47.4 Å². The molecule has 0 N–H and O–H groups in total. The predicted molar refractivity (Wildman–Crippen MR) is 479 cm³/mol. The van der Waals surface area contributed by atoms with Crippen LogP contribution in [0.4, 0.5) is 0 Å². The van der Waals surface area contributed by atoms with Crippen molar-refractivity contribution in [3.8, 4) is 57.5 Å². The van der Waals surface area contributed by atoms with Crippen LogP contribution in [0.15, 0.2) is 121 Å². The second kappa shape index (κ2) is 63.5. The molecule has 10 rings (SSSR count). The van der Waals surface area contributed by atoms with E-state index in [0.29, 0.717) is 48.6 Å². The van der Waals surface area contributed by atoms with Crippen LogP contribution in [-0.2, 0) is 24.0 Å². The maximum Gasteiger partial charge on any atom is 0.314 e. The van der Waals surface area contributed by atoms with Gasteiger partial charge in [-0.15, -0.1) is 0 Å². The van der Waals surface area contributed by atoms with Crippen molar-refractivity contribution in [2.24, 2.45) is 59.2 Å². The highest BCUT2D eigenvalue weighted by Gasteiger charge is 2.32. The average Bonchev–Trinajstić information content (AvgIpc) is 0.884. The van der Waals surface area contributed by atoms with Crippen molar-refractivity contribution < 1.29 is 71.3 Å². The quantitative estimate of drug-likeness (QED) is 0.0210. The Balaban J connectivity index is 0.000000718. The molecular formula is C101H162O15. The number of benzene rings is 5. The summed E-state index contributed by atoms with van der Waals surface area (Å²) in [6, 6.07) is 36.4. The Bertz CT molecular complexity index is 3250. The Morgan fingerprint density at radius 1 is 0.233 bits per heavy atom. The molecule has 5 fully saturated rings. The van der Waals surface area contributed by atoms with Gasteiger partial charge in [0.15, 0.2) is 0 Å². The molecule has 0 saturated heterocycles. The molecule has 15 heteroatoms. The summed E-state index contributed by atoms with van der Waals surface area (Å²) in [5.41, 5.74) is 0. The lowest BCUT2D eigenvalue weighted by Crippen LogP contribution is -2.25. The number of esters is 5. The van der Waals surface area contributed by atoms with E-state index in [2.05, 4.69) is 41.5 Å². The van der Waals surface area contributed by atoms with E-state index in [1.54, 1.807) is 55.6 Å². The number of rotatable bonds is 36. The fraction of sp³-hybridized carbons (Fsp3) is 0.653. The summed E-state index contributed by atoms with van der Waals surface area (Å²) >= 11 is 0. The first-order chi connectivity index (χ1) is 54.1. The van der Waals surface area contributed by atoms with E-state index >= 15 is 0 Å². The van der Waals surface area contributed by atoms with Crippen LogP contribution in [0.1, 0.15) is 337 Å². The summed E-state index contributed by atoms with van der Waals surface area (Å²) < 4.78 is 54.4. The lowest BCUT2D eigenvalue weighted by atomic mass is 9.80. The molecule has 116 heavy (non-hydrogen) atoms. The van der Waals surface area contributed by atoms with Crippen LogP contribution < -0.4 is 47.4 Å². The van der Waals surface area contributed by atoms with Gasteiger partial charge in [-0.05, 0) is 307 Å². The minimum Gasteiger partial charge on any atom is -0.497 e. The van der Waals surface area contributed by atoms with Crippen molar-refractivity contribution in [2.45, 2.75) is 337 Å². The van der Waals surface area contributed by atoms with Crippen molar-refractivity contribution >= 4 is 29.8 Å². The number of methoxy groups -OCH3 is 1. The molecule has 656 valence electrons. The predicted octanol–water partition coefficient (Wildman–Crippen LogP) is 28.5. The van der Waals surface area contributed by atoms with Crippen LogP contribution in [0, 0.1) is 59.2 Å². The number of hydrogen-bond donors (Lipinski definition) is 0. The molecule has 5 aliphatic carbocycles. The van der Waals surface area contributed by atoms with Gasteiger partial charge in [0.05, 0.1) is 63.1 Å². The monoisotopic (exact) mass is 1620 g/mol. The van der Waals surface area contributed by atoms with Crippen LogP contribution in [0.25, 0.3) is 0 Å². The van der Waals surface area contributed by atoms with Gasteiger partial charge in [0.25, 0.3) is 0 Å². The third-order valence-corrected chi connectivity index (χ3v) is 22.8. The Morgan fingerprint density at radius 2 is 0.431 bits per heavy atom. The number of ether oxygens (including phenoxy) is 10. The van der Waals surface area contributed by atoms with Gasteiger partial charge in [-0.3, -0.25) is 24.0 Å². The fourth-order valence-corrected chi connectivity index (χ4v) is 16.0. The molecule has 0 heterocycles. The van der Waals surface area contributed by atoms with Crippen molar-refractivity contribution in [1.82, 2.24) is 0 Å². The van der Waals surface area contributed by atoms with Crippen LogP contribution in [-0.4, -0.2) is 63.4 Å². The normalized spacial score (nSPS) is 20.4. The molecule has 0 amide bonds. The van der Waals surface area contributed by atoms with Crippen molar-refractivity contribution in [3.05, 3.63) is 121 Å². The Kier molecular flexibility index (Phi) is 58.3. The first-order valence-electron chi connectivity index (χ1n) is 43.8. The van der Waals surface area contributed by atoms with Gasteiger partial charge in [0.1, 0.15) is 57.5 Å². The van der Waals surface area contributed by atoms with Gasteiger partial charge in [0.2, 0.25) is 0 Å². The molecule has 15 nitrogen and oxygen atoms in total. The largest absolute Gasteiger partial charge is 0.497 e. The molecule has 0 aliphatic heterocycles. The first kappa shape index (κ1) is 106. The van der Waals surface area contributed by atoms with E-state index in [1.165, 1.54) is 135 Å². The van der Waals surface area contributed by atoms with E-state index in [-0.39, 0.29) is 96.6 Å². The summed E-state index contributed by atoms with van der Waals surface area (Å²) in [5, 5.41) is 0. The molecule has 0 bridgehead atoms. The second-order valence-electron chi connectivity index (χ2n) is 31.5. The van der Waals surface area contributed by atoms with Crippen LogP contribution in [0.2, 0.25) is 0 Å². The zero-order valence-corrected chi connectivity index (χ0v) is 69.9. The summed E-state index contributed by atoms with van der Waals surface area (Å²) in [5.74, 6) is 11.2. The van der Waals surface area contributed by atoms with E-state index in [9.17, 15) is 24.0 Å². The minimum absolute atomic E-state index is 0. The molecule has 0 unspecified atom stereocenters. The molecule has 0 aromatic heterocycles. The zero-order valence-electron chi connectivity index (χ0n) is 69.9. The minimum atomic E-state index is -0.0749. The van der Waals surface area contributed by atoms with E-state index in [1.807, 2.05) is 93.6 Å². The molecule has 5 aromatic rings. The van der Waals surface area contributed by atoms with Crippen LogP contribution in [0.5, 0.6) is 57.5 Å². The highest BCUT2D eigenvalue weighted by molar-refractivity contribution is 5.77. The second-order valence-corrected chi connectivity index (χ2v) is 31.5. The van der Waals surface area contributed by atoms with E-state index in [0.717, 1.165) is 168 Å². The molecule has 5 aliphatic rings. The Hall–Kier alpha value is -7.55. The van der Waals surface area contributed by atoms with E-state index in [4.69, 9.17) is 47.4 Å². The maximum atomic E-state index is 12.3. The smallest absolute Gasteiger partial charge is 0.314 e. The fourth-order valence-electron chi connectivity index (χ4n) is 16.0. The summed E-state index contributed by atoms with van der Waals surface area (Å²) in [4.78, 5) is 61.2. The lowest BCUT2D eigenvalue weighted by molar-refractivity contribution is -0.141. The summed E-state index contributed by atoms with van der Waals surface area (Å²) in [7, 11) is 1.62. The van der Waals surface area contributed by atoms with E-state index < -0.39 is 0 Å². The van der Waals surface area contributed by atoms with Gasteiger partial charge >= 0.3 is 29.8 Å². The molecule has 0 radical (unpaired) electrons. The van der Waals surface area contributed by atoms with Gasteiger partial charge in [-0.25, -0.2) is 0 Å². The highest BCUT2D eigenvalue weighted by Crippen LogP contribution is 2.39. The topological polar surface area (TPSA) is 178 Å². The molecular weight excluding hydrogens is 1450 g/mol.